The van der Waals surface area contributed by atoms with Gasteiger partial charge in [-0.15, -0.1) is 10.2 Å². The van der Waals surface area contributed by atoms with E-state index in [4.69, 9.17) is 4.42 Å². The van der Waals surface area contributed by atoms with E-state index in [2.05, 4.69) is 20.5 Å². The lowest BCUT2D eigenvalue weighted by Crippen LogP contribution is -2.36. The van der Waals surface area contributed by atoms with Crippen molar-refractivity contribution < 1.29 is 9.21 Å². The van der Waals surface area contributed by atoms with Crippen molar-refractivity contribution in [1.29, 1.82) is 0 Å². The van der Waals surface area contributed by atoms with Crippen LogP contribution in [0.15, 0.2) is 26.3 Å². The molecular weight excluding hydrogens is 290 g/mol. The van der Waals surface area contributed by atoms with E-state index in [0.717, 1.165) is 4.57 Å². The Labute approximate surface area is 125 Å². The van der Waals surface area contributed by atoms with Crippen LogP contribution in [0, 0.1) is 0 Å². The summed E-state index contributed by atoms with van der Waals surface area (Å²) in [5.74, 6) is 0.480. The van der Waals surface area contributed by atoms with Gasteiger partial charge in [-0.2, -0.15) is 0 Å². The lowest BCUT2D eigenvalue weighted by molar-refractivity contribution is -0.122. The Morgan fingerprint density at radius 2 is 2.00 bits per heavy atom. The summed E-state index contributed by atoms with van der Waals surface area (Å²) in [5, 5.41) is 10.4. The van der Waals surface area contributed by atoms with Gasteiger partial charge in [0.15, 0.2) is 0 Å². The summed E-state index contributed by atoms with van der Waals surface area (Å²) in [6.45, 7) is 5.32. The summed E-state index contributed by atoms with van der Waals surface area (Å²) in [5.41, 5.74) is -1.16. The van der Waals surface area contributed by atoms with Crippen LogP contribution < -0.4 is 16.6 Å². The summed E-state index contributed by atoms with van der Waals surface area (Å²) in [6.07, 6.45) is 1.26. The fraction of sp³-hybridized carbons (Fsp3) is 0.462. The Morgan fingerprint density at radius 3 is 2.59 bits per heavy atom. The standard InChI is InChI=1S/C13H17N5O4/c1-7(2)11-16-17-12(22-11)8(3)14-10(20)6-18-5-4-9(19)15-13(18)21/h4-5,7-8H,6H2,1-3H3,(H,14,20)(H,15,19,21)/t8-/m1/s1. The van der Waals surface area contributed by atoms with E-state index in [0.29, 0.717) is 11.8 Å². The molecule has 0 fully saturated rings. The molecule has 0 saturated heterocycles. The third-order valence-corrected chi connectivity index (χ3v) is 2.91. The number of carbonyl (C=O) groups is 1. The molecule has 0 aromatic carbocycles. The van der Waals surface area contributed by atoms with Gasteiger partial charge in [-0.25, -0.2) is 4.79 Å². The number of hydrogen-bond donors (Lipinski definition) is 2. The second-order valence-corrected chi connectivity index (χ2v) is 5.16. The molecule has 2 N–H and O–H groups in total. The van der Waals surface area contributed by atoms with Crippen LogP contribution in [0.2, 0.25) is 0 Å². The Balaban J connectivity index is 2.01. The van der Waals surface area contributed by atoms with E-state index in [-0.39, 0.29) is 12.5 Å². The molecule has 0 spiro atoms. The van der Waals surface area contributed by atoms with Crippen LogP contribution in [0.1, 0.15) is 44.5 Å². The minimum Gasteiger partial charge on any atom is -0.423 e. The SMILES string of the molecule is CC(C)c1nnc([C@@H](C)NC(=O)Cn2ccc(=O)[nH]c2=O)o1. The molecule has 0 bridgehead atoms. The molecule has 2 aromatic rings. The van der Waals surface area contributed by atoms with Gasteiger partial charge in [0.25, 0.3) is 5.56 Å². The van der Waals surface area contributed by atoms with Crippen LogP contribution in [-0.2, 0) is 11.3 Å². The fourth-order valence-corrected chi connectivity index (χ4v) is 1.73. The van der Waals surface area contributed by atoms with Gasteiger partial charge >= 0.3 is 5.69 Å². The number of nitrogens with one attached hydrogen (secondary N) is 2. The predicted octanol–water partition coefficient (Wildman–Crippen LogP) is -0.0796. The van der Waals surface area contributed by atoms with Crippen molar-refractivity contribution in [3.63, 3.8) is 0 Å². The summed E-state index contributed by atoms with van der Waals surface area (Å²) in [4.78, 5) is 36.4. The van der Waals surface area contributed by atoms with Crippen molar-refractivity contribution in [2.75, 3.05) is 0 Å². The van der Waals surface area contributed by atoms with Crippen molar-refractivity contribution in [2.24, 2.45) is 0 Å². The summed E-state index contributed by atoms with van der Waals surface area (Å²) in [7, 11) is 0. The number of rotatable bonds is 5. The maximum atomic E-state index is 11.9. The molecule has 1 atom stereocenters. The Hall–Kier alpha value is -2.71. The first-order valence-electron chi connectivity index (χ1n) is 6.79. The third-order valence-electron chi connectivity index (χ3n) is 2.91. The Morgan fingerprint density at radius 1 is 1.32 bits per heavy atom. The number of H-pyrrole nitrogens is 1. The zero-order chi connectivity index (χ0) is 16.3. The van der Waals surface area contributed by atoms with E-state index in [1.807, 2.05) is 13.8 Å². The third kappa shape index (κ3) is 3.68. The van der Waals surface area contributed by atoms with E-state index in [1.165, 1.54) is 12.3 Å². The largest absolute Gasteiger partial charge is 0.423 e. The number of nitrogens with zero attached hydrogens (tertiary/aromatic N) is 3. The van der Waals surface area contributed by atoms with Crippen LogP contribution in [0.25, 0.3) is 0 Å². The van der Waals surface area contributed by atoms with E-state index >= 15 is 0 Å². The number of aromatic amines is 1. The highest BCUT2D eigenvalue weighted by molar-refractivity contribution is 5.76. The van der Waals surface area contributed by atoms with Crippen LogP contribution in [-0.4, -0.2) is 25.7 Å². The summed E-state index contributed by atoms with van der Waals surface area (Å²) < 4.78 is 6.54. The zero-order valence-corrected chi connectivity index (χ0v) is 12.5. The van der Waals surface area contributed by atoms with Gasteiger partial charge in [0.05, 0.1) is 0 Å². The predicted molar refractivity (Wildman–Crippen MR) is 76.3 cm³/mol. The van der Waals surface area contributed by atoms with Crippen molar-refractivity contribution in [3.05, 3.63) is 44.9 Å². The van der Waals surface area contributed by atoms with Gasteiger partial charge in [0, 0.05) is 18.2 Å². The average molecular weight is 307 g/mol. The smallest absolute Gasteiger partial charge is 0.328 e. The van der Waals surface area contributed by atoms with Crippen LogP contribution >= 0.6 is 0 Å². The van der Waals surface area contributed by atoms with Gasteiger partial charge < -0.3 is 9.73 Å². The maximum Gasteiger partial charge on any atom is 0.328 e. The molecule has 118 valence electrons. The molecule has 0 aliphatic rings. The maximum absolute atomic E-state index is 11.9. The molecule has 0 aliphatic heterocycles. The van der Waals surface area contributed by atoms with Crippen molar-refractivity contribution in [3.8, 4) is 0 Å². The normalized spacial score (nSPS) is 12.4. The first kappa shape index (κ1) is 15.7. The van der Waals surface area contributed by atoms with Crippen molar-refractivity contribution in [1.82, 2.24) is 25.1 Å². The fourth-order valence-electron chi connectivity index (χ4n) is 1.73. The second-order valence-electron chi connectivity index (χ2n) is 5.16. The molecule has 2 heterocycles. The number of carbonyl (C=O) groups excluding carboxylic acids is 1. The van der Waals surface area contributed by atoms with Gasteiger partial charge in [-0.1, -0.05) is 13.8 Å². The number of hydrogen-bond acceptors (Lipinski definition) is 6. The first-order valence-corrected chi connectivity index (χ1v) is 6.79. The topological polar surface area (TPSA) is 123 Å². The van der Waals surface area contributed by atoms with Crippen LogP contribution in [0.4, 0.5) is 0 Å². The highest BCUT2D eigenvalue weighted by Gasteiger charge is 2.17. The summed E-state index contributed by atoms with van der Waals surface area (Å²) >= 11 is 0. The van der Waals surface area contributed by atoms with E-state index in [1.54, 1.807) is 6.92 Å². The Bertz CT molecular complexity index is 773. The number of amides is 1. The highest BCUT2D eigenvalue weighted by atomic mass is 16.4. The molecule has 0 aliphatic carbocycles. The lowest BCUT2D eigenvalue weighted by Gasteiger charge is -2.10. The molecule has 9 heteroatoms. The molecule has 0 saturated carbocycles. The molecule has 0 radical (unpaired) electrons. The molecule has 9 nitrogen and oxygen atoms in total. The van der Waals surface area contributed by atoms with Gasteiger partial charge in [0.2, 0.25) is 17.7 Å². The molecular formula is C13H17N5O4. The minimum atomic E-state index is -0.643. The van der Waals surface area contributed by atoms with Crippen molar-refractivity contribution >= 4 is 5.91 Å². The number of aromatic nitrogens is 4. The second kappa shape index (κ2) is 6.37. The monoisotopic (exact) mass is 307 g/mol. The van der Waals surface area contributed by atoms with Gasteiger partial charge in [-0.3, -0.25) is 19.1 Å². The highest BCUT2D eigenvalue weighted by Crippen LogP contribution is 2.16. The van der Waals surface area contributed by atoms with E-state index < -0.39 is 23.2 Å². The average Bonchev–Trinajstić information content (AvgIpc) is 2.92. The van der Waals surface area contributed by atoms with Crippen molar-refractivity contribution in [2.45, 2.75) is 39.3 Å². The molecule has 2 aromatic heterocycles. The molecule has 0 unspecified atom stereocenters. The first-order chi connectivity index (χ1) is 10.4. The molecule has 2 rings (SSSR count). The molecule has 1 amide bonds. The molecule has 22 heavy (non-hydrogen) atoms. The van der Waals surface area contributed by atoms with Crippen LogP contribution in [0.5, 0.6) is 0 Å². The summed E-state index contributed by atoms with van der Waals surface area (Å²) in [6, 6.07) is 0.691. The van der Waals surface area contributed by atoms with Gasteiger partial charge in [-0.05, 0) is 6.92 Å². The van der Waals surface area contributed by atoms with Gasteiger partial charge in [0.1, 0.15) is 12.6 Å². The minimum absolute atomic E-state index is 0.101. The Kier molecular flexibility index (Phi) is 4.54. The van der Waals surface area contributed by atoms with E-state index in [9.17, 15) is 14.4 Å². The zero-order valence-electron chi connectivity index (χ0n) is 12.5. The quantitative estimate of drug-likeness (QED) is 0.796. The van der Waals surface area contributed by atoms with Crippen LogP contribution in [0.3, 0.4) is 0 Å². The lowest BCUT2D eigenvalue weighted by atomic mass is 10.2.